The highest BCUT2D eigenvalue weighted by Crippen LogP contribution is 2.12. The van der Waals surface area contributed by atoms with E-state index in [-0.39, 0.29) is 11.6 Å². The third-order valence-electron chi connectivity index (χ3n) is 2.88. The summed E-state index contributed by atoms with van der Waals surface area (Å²) in [5, 5.41) is 0. The van der Waals surface area contributed by atoms with Crippen LogP contribution in [0.25, 0.3) is 0 Å². The Morgan fingerprint density at radius 3 is 2.44 bits per heavy atom. The highest BCUT2D eigenvalue weighted by molar-refractivity contribution is 5.69. The van der Waals surface area contributed by atoms with E-state index in [1.54, 1.807) is 7.11 Å². The van der Waals surface area contributed by atoms with Gasteiger partial charge < -0.3 is 14.2 Å². The molecule has 0 fully saturated rings. The summed E-state index contributed by atoms with van der Waals surface area (Å²) in [6, 6.07) is 0. The highest BCUT2D eigenvalue weighted by atomic mass is 16.5. The van der Waals surface area contributed by atoms with E-state index in [1.807, 2.05) is 6.92 Å². The average Bonchev–Trinajstić information content (AvgIpc) is 2.33. The Morgan fingerprint density at radius 2 is 1.83 bits per heavy atom. The molecule has 0 heterocycles. The molecule has 0 unspecified atom stereocenters. The van der Waals surface area contributed by atoms with Gasteiger partial charge in [-0.05, 0) is 40.0 Å². The van der Waals surface area contributed by atoms with Crippen LogP contribution in [-0.2, 0) is 19.0 Å². The summed E-state index contributed by atoms with van der Waals surface area (Å²) >= 11 is 0. The van der Waals surface area contributed by atoms with Crippen molar-refractivity contribution in [2.45, 2.75) is 58.5 Å². The third kappa shape index (κ3) is 10.5. The molecule has 4 heteroatoms. The minimum absolute atomic E-state index is 0.0970. The molecular formula is C14H28O4. The van der Waals surface area contributed by atoms with Gasteiger partial charge in [0.05, 0.1) is 12.2 Å². The molecule has 0 spiro atoms. The summed E-state index contributed by atoms with van der Waals surface area (Å²) in [4.78, 5) is 11.1. The molecule has 0 bridgehead atoms. The molecule has 0 aromatic heterocycles. The molecule has 0 aliphatic rings. The maximum atomic E-state index is 11.1. The second-order valence-electron chi connectivity index (χ2n) is 4.94. The zero-order valence-corrected chi connectivity index (χ0v) is 12.3. The molecule has 108 valence electrons. The Morgan fingerprint density at radius 1 is 1.11 bits per heavy atom. The molecule has 0 atom stereocenters. The number of hydrogen-bond acceptors (Lipinski definition) is 4. The normalized spacial score (nSPS) is 11.6. The molecule has 0 aliphatic heterocycles. The van der Waals surface area contributed by atoms with E-state index in [0.29, 0.717) is 13.0 Å². The molecule has 0 aromatic carbocycles. The fraction of sp³-hybridized carbons (Fsp3) is 0.929. The summed E-state index contributed by atoms with van der Waals surface area (Å²) in [7, 11) is 1.72. The maximum absolute atomic E-state index is 11.1. The minimum Gasteiger partial charge on any atom is -0.466 e. The van der Waals surface area contributed by atoms with Crippen LogP contribution in [0.5, 0.6) is 0 Å². The molecule has 0 saturated carbocycles. The lowest BCUT2D eigenvalue weighted by molar-refractivity contribution is -0.143. The van der Waals surface area contributed by atoms with Crippen molar-refractivity contribution in [2.75, 3.05) is 26.9 Å². The second kappa shape index (κ2) is 10.3. The van der Waals surface area contributed by atoms with Crippen molar-refractivity contribution in [1.29, 1.82) is 0 Å². The largest absolute Gasteiger partial charge is 0.466 e. The molecule has 0 N–H and O–H groups in total. The number of carbonyl (C=O) groups excluding carboxylic acids is 1. The van der Waals surface area contributed by atoms with Crippen molar-refractivity contribution in [1.82, 2.24) is 0 Å². The van der Waals surface area contributed by atoms with Gasteiger partial charge in [0, 0.05) is 26.7 Å². The van der Waals surface area contributed by atoms with Crippen LogP contribution >= 0.6 is 0 Å². The summed E-state index contributed by atoms with van der Waals surface area (Å²) < 4.78 is 15.7. The highest BCUT2D eigenvalue weighted by Gasteiger charge is 2.15. The average molecular weight is 260 g/mol. The predicted octanol–water partition coefficient (Wildman–Crippen LogP) is 2.94. The van der Waals surface area contributed by atoms with Crippen LogP contribution in [-0.4, -0.2) is 38.5 Å². The summed E-state index contributed by atoms with van der Waals surface area (Å²) in [6.07, 6.45) is 4.29. The zero-order chi connectivity index (χ0) is 13.9. The Labute approximate surface area is 111 Å². The van der Waals surface area contributed by atoms with Gasteiger partial charge in [-0.15, -0.1) is 0 Å². The van der Waals surface area contributed by atoms with Crippen LogP contribution in [0.4, 0.5) is 0 Å². The fourth-order valence-electron chi connectivity index (χ4n) is 1.41. The van der Waals surface area contributed by atoms with Crippen molar-refractivity contribution in [3.63, 3.8) is 0 Å². The number of hydrogen-bond donors (Lipinski definition) is 0. The number of carbonyl (C=O) groups is 1. The SMILES string of the molecule is CCOC(=O)CCCCCOCCC(C)(C)OC. The van der Waals surface area contributed by atoms with Gasteiger partial charge in [-0.25, -0.2) is 0 Å². The monoisotopic (exact) mass is 260 g/mol. The van der Waals surface area contributed by atoms with Gasteiger partial charge >= 0.3 is 5.97 Å². The van der Waals surface area contributed by atoms with E-state index < -0.39 is 0 Å². The van der Waals surface area contributed by atoms with Crippen molar-refractivity contribution < 1.29 is 19.0 Å². The lowest BCUT2D eigenvalue weighted by Gasteiger charge is -2.22. The summed E-state index contributed by atoms with van der Waals surface area (Å²) in [5.41, 5.74) is -0.107. The number of methoxy groups -OCH3 is 1. The standard InChI is InChI=1S/C14H28O4/c1-5-18-13(15)9-7-6-8-11-17-12-10-14(2,3)16-4/h5-12H2,1-4H3. The molecule has 0 aromatic rings. The number of ether oxygens (including phenoxy) is 3. The first kappa shape index (κ1) is 17.4. The molecule has 4 nitrogen and oxygen atoms in total. The van der Waals surface area contributed by atoms with Gasteiger partial charge in [-0.1, -0.05) is 6.42 Å². The fourth-order valence-corrected chi connectivity index (χ4v) is 1.41. The number of rotatable bonds is 11. The van der Waals surface area contributed by atoms with Crippen LogP contribution in [0.1, 0.15) is 52.9 Å². The molecule has 18 heavy (non-hydrogen) atoms. The van der Waals surface area contributed by atoms with Gasteiger partial charge in [0.25, 0.3) is 0 Å². The Bertz CT molecular complexity index is 214. The van der Waals surface area contributed by atoms with Gasteiger partial charge in [0.2, 0.25) is 0 Å². The minimum atomic E-state index is -0.107. The lowest BCUT2D eigenvalue weighted by Crippen LogP contribution is -2.24. The van der Waals surface area contributed by atoms with E-state index in [4.69, 9.17) is 14.2 Å². The van der Waals surface area contributed by atoms with Gasteiger partial charge in [-0.3, -0.25) is 4.79 Å². The summed E-state index contributed by atoms with van der Waals surface area (Å²) in [6.45, 7) is 7.87. The number of unbranched alkanes of at least 4 members (excludes halogenated alkanes) is 2. The van der Waals surface area contributed by atoms with Crippen LogP contribution < -0.4 is 0 Å². The van der Waals surface area contributed by atoms with Gasteiger partial charge in [-0.2, -0.15) is 0 Å². The van der Waals surface area contributed by atoms with E-state index in [1.165, 1.54) is 0 Å². The Kier molecular flexibility index (Phi) is 9.98. The molecule has 0 amide bonds. The van der Waals surface area contributed by atoms with Gasteiger partial charge in [0.1, 0.15) is 0 Å². The second-order valence-corrected chi connectivity index (χ2v) is 4.94. The zero-order valence-electron chi connectivity index (χ0n) is 12.3. The van der Waals surface area contributed by atoms with E-state index >= 15 is 0 Å². The first-order chi connectivity index (χ1) is 8.52. The van der Waals surface area contributed by atoms with Crippen molar-refractivity contribution >= 4 is 5.97 Å². The topological polar surface area (TPSA) is 44.8 Å². The van der Waals surface area contributed by atoms with Gasteiger partial charge in [0.15, 0.2) is 0 Å². The van der Waals surface area contributed by atoms with Crippen LogP contribution in [0.3, 0.4) is 0 Å². The number of esters is 1. The third-order valence-corrected chi connectivity index (χ3v) is 2.88. The molecule has 0 radical (unpaired) electrons. The Balaban J connectivity index is 3.24. The smallest absolute Gasteiger partial charge is 0.305 e. The van der Waals surface area contributed by atoms with Crippen molar-refractivity contribution in [3.05, 3.63) is 0 Å². The Hall–Kier alpha value is -0.610. The lowest BCUT2D eigenvalue weighted by atomic mass is 10.1. The molecule has 0 rings (SSSR count). The van der Waals surface area contributed by atoms with Crippen molar-refractivity contribution in [2.24, 2.45) is 0 Å². The predicted molar refractivity (Wildman–Crippen MR) is 71.6 cm³/mol. The van der Waals surface area contributed by atoms with Crippen LogP contribution in [0, 0.1) is 0 Å². The summed E-state index contributed by atoms with van der Waals surface area (Å²) in [5.74, 6) is -0.0970. The first-order valence-corrected chi connectivity index (χ1v) is 6.80. The van der Waals surface area contributed by atoms with Crippen LogP contribution in [0.2, 0.25) is 0 Å². The van der Waals surface area contributed by atoms with E-state index in [9.17, 15) is 4.79 Å². The molecule has 0 aliphatic carbocycles. The van der Waals surface area contributed by atoms with Crippen molar-refractivity contribution in [3.8, 4) is 0 Å². The van der Waals surface area contributed by atoms with Crippen LogP contribution in [0.15, 0.2) is 0 Å². The van der Waals surface area contributed by atoms with E-state index in [0.717, 1.165) is 38.9 Å². The molecule has 0 saturated heterocycles. The quantitative estimate of drug-likeness (QED) is 0.423. The van der Waals surface area contributed by atoms with E-state index in [2.05, 4.69) is 13.8 Å². The first-order valence-electron chi connectivity index (χ1n) is 6.80. The maximum Gasteiger partial charge on any atom is 0.305 e. The molecular weight excluding hydrogens is 232 g/mol.